The average molecular weight is 399 g/mol. The maximum atomic E-state index is 12.7. The molecule has 9 heteroatoms. The maximum absolute atomic E-state index is 12.7. The molecule has 0 N–H and O–H groups in total. The summed E-state index contributed by atoms with van der Waals surface area (Å²) in [5.41, 5.74) is -0.0502. The largest absolute Gasteiger partial charge is 0.452 e. The van der Waals surface area contributed by atoms with Crippen molar-refractivity contribution in [3.63, 3.8) is 0 Å². The van der Waals surface area contributed by atoms with Gasteiger partial charge in [-0.05, 0) is 39.2 Å². The molecular formula is C18H25NO7S. The average Bonchev–Trinajstić information content (AvgIpc) is 2.91. The number of hydrogen-bond donors (Lipinski definition) is 0. The number of amides is 1. The van der Waals surface area contributed by atoms with E-state index >= 15 is 0 Å². The van der Waals surface area contributed by atoms with Crippen LogP contribution < -0.4 is 5.63 Å². The van der Waals surface area contributed by atoms with Crippen LogP contribution in [0, 0.1) is 13.8 Å². The number of aryl methyl sites for hydroxylation is 2. The molecule has 0 saturated carbocycles. The number of carbonyl (C=O) groups excluding carboxylic acids is 2. The van der Waals surface area contributed by atoms with Crippen LogP contribution >= 0.6 is 0 Å². The Kier molecular flexibility index (Phi) is 6.46. The summed E-state index contributed by atoms with van der Waals surface area (Å²) >= 11 is 0. The fourth-order valence-electron chi connectivity index (χ4n) is 3.34. The third-order valence-electron chi connectivity index (χ3n) is 4.82. The molecule has 0 bridgehead atoms. The zero-order chi connectivity index (χ0) is 20.4. The molecule has 1 aliphatic rings. The lowest BCUT2D eigenvalue weighted by molar-refractivity contribution is -0.138. The van der Waals surface area contributed by atoms with Gasteiger partial charge in [-0.1, -0.05) is 6.92 Å². The summed E-state index contributed by atoms with van der Waals surface area (Å²) in [6, 6.07) is 0.599. The van der Waals surface area contributed by atoms with E-state index in [1.54, 1.807) is 6.92 Å². The topological polar surface area (TPSA) is 111 Å². The molecule has 0 aromatic carbocycles. The minimum Gasteiger partial charge on any atom is -0.452 e. The molecule has 0 spiro atoms. The predicted octanol–water partition coefficient (Wildman–Crippen LogP) is 1.23. The van der Waals surface area contributed by atoms with Crippen LogP contribution in [-0.2, 0) is 19.4 Å². The second kappa shape index (κ2) is 8.24. The van der Waals surface area contributed by atoms with E-state index in [9.17, 15) is 22.8 Å². The third kappa shape index (κ3) is 4.97. The molecule has 27 heavy (non-hydrogen) atoms. The van der Waals surface area contributed by atoms with E-state index in [4.69, 9.17) is 9.15 Å². The lowest BCUT2D eigenvalue weighted by Crippen LogP contribution is -2.48. The second-order valence-electron chi connectivity index (χ2n) is 6.87. The van der Waals surface area contributed by atoms with E-state index in [2.05, 4.69) is 0 Å². The number of hydrogen-bond acceptors (Lipinski definition) is 7. The molecule has 2 atom stereocenters. The first-order valence-electron chi connectivity index (χ1n) is 8.85. The van der Waals surface area contributed by atoms with Crippen LogP contribution in [0.1, 0.15) is 48.4 Å². The molecule has 2 heterocycles. The number of esters is 1. The Labute approximate surface area is 158 Å². The summed E-state index contributed by atoms with van der Waals surface area (Å²) in [6.45, 7) is 6.29. The minimum absolute atomic E-state index is 0.0547. The lowest BCUT2D eigenvalue weighted by atomic mass is 10.1. The van der Waals surface area contributed by atoms with E-state index in [0.717, 1.165) is 0 Å². The predicted molar refractivity (Wildman–Crippen MR) is 98.4 cm³/mol. The van der Waals surface area contributed by atoms with Crippen LogP contribution in [0.25, 0.3) is 0 Å². The number of carbonyl (C=O) groups is 2. The van der Waals surface area contributed by atoms with Gasteiger partial charge in [0.25, 0.3) is 5.91 Å². The molecule has 1 aromatic heterocycles. The van der Waals surface area contributed by atoms with Gasteiger partial charge in [0.1, 0.15) is 11.3 Å². The Hall–Kier alpha value is -2.16. The summed E-state index contributed by atoms with van der Waals surface area (Å²) in [6.07, 6.45) is 1.03. The van der Waals surface area contributed by atoms with Crippen molar-refractivity contribution in [2.45, 2.75) is 52.6 Å². The van der Waals surface area contributed by atoms with Gasteiger partial charge in [-0.2, -0.15) is 0 Å². The zero-order valence-electron chi connectivity index (χ0n) is 16.0. The quantitative estimate of drug-likeness (QED) is 0.661. The van der Waals surface area contributed by atoms with Crippen LogP contribution in [-0.4, -0.2) is 55.4 Å². The Bertz CT molecular complexity index is 861. The van der Waals surface area contributed by atoms with Gasteiger partial charge in [-0.3, -0.25) is 4.79 Å². The Morgan fingerprint density at radius 3 is 2.56 bits per heavy atom. The van der Waals surface area contributed by atoms with Crippen molar-refractivity contribution < 1.29 is 27.2 Å². The Balaban J connectivity index is 2.12. The Morgan fingerprint density at radius 2 is 2.04 bits per heavy atom. The van der Waals surface area contributed by atoms with Crippen molar-refractivity contribution >= 4 is 21.7 Å². The molecule has 150 valence electrons. The highest BCUT2D eigenvalue weighted by atomic mass is 32.2. The van der Waals surface area contributed by atoms with Crippen LogP contribution in [0.3, 0.4) is 0 Å². The number of rotatable bonds is 6. The van der Waals surface area contributed by atoms with Gasteiger partial charge in [0.2, 0.25) is 0 Å². The number of sulfone groups is 1. The normalized spacial score (nSPS) is 19.5. The van der Waals surface area contributed by atoms with E-state index in [1.807, 2.05) is 13.8 Å². The van der Waals surface area contributed by atoms with Crippen LogP contribution in [0.5, 0.6) is 0 Å². The van der Waals surface area contributed by atoms with Crippen molar-refractivity contribution in [2.75, 3.05) is 18.1 Å². The Morgan fingerprint density at radius 1 is 1.37 bits per heavy atom. The molecule has 8 nitrogen and oxygen atoms in total. The highest BCUT2D eigenvalue weighted by molar-refractivity contribution is 7.91. The van der Waals surface area contributed by atoms with Gasteiger partial charge in [-0.15, -0.1) is 0 Å². The van der Waals surface area contributed by atoms with Crippen LogP contribution in [0.15, 0.2) is 15.3 Å². The van der Waals surface area contributed by atoms with Gasteiger partial charge in [0, 0.05) is 18.2 Å². The van der Waals surface area contributed by atoms with Gasteiger partial charge in [0.15, 0.2) is 16.4 Å². The first-order chi connectivity index (χ1) is 12.6. The van der Waals surface area contributed by atoms with Crippen LogP contribution in [0.2, 0.25) is 0 Å². The standard InChI is InChI=1S/C18H25NO7S/c1-5-12(3)19(14-6-7-27(23,24)10-14)15(20)9-25-18(22)17-11(2)8-16(21)26-13(17)4/h8,12,14H,5-7,9-10H2,1-4H3/t12-,14-/m0/s1. The fourth-order valence-corrected chi connectivity index (χ4v) is 5.05. The molecular weight excluding hydrogens is 374 g/mol. The van der Waals surface area contributed by atoms with Crippen molar-refractivity contribution in [2.24, 2.45) is 0 Å². The molecule has 1 aliphatic heterocycles. The number of nitrogens with zero attached hydrogens (tertiary/aromatic N) is 1. The molecule has 1 aromatic rings. The van der Waals surface area contributed by atoms with E-state index < -0.39 is 40.0 Å². The highest BCUT2D eigenvalue weighted by Crippen LogP contribution is 2.22. The first kappa shape index (κ1) is 21.1. The van der Waals surface area contributed by atoms with Crippen molar-refractivity contribution in [3.05, 3.63) is 33.4 Å². The first-order valence-corrected chi connectivity index (χ1v) is 10.7. The monoisotopic (exact) mass is 399 g/mol. The van der Waals surface area contributed by atoms with Crippen molar-refractivity contribution in [1.82, 2.24) is 4.90 Å². The molecule has 1 fully saturated rings. The SMILES string of the molecule is CC[C@H](C)N(C(=O)COC(=O)c1c(C)cc(=O)oc1C)[C@H]1CCS(=O)(=O)C1. The zero-order valence-corrected chi connectivity index (χ0v) is 16.8. The van der Waals surface area contributed by atoms with Crippen molar-refractivity contribution in [3.8, 4) is 0 Å². The maximum Gasteiger partial charge on any atom is 0.342 e. The molecule has 0 unspecified atom stereocenters. The molecule has 1 saturated heterocycles. The van der Waals surface area contributed by atoms with Crippen LogP contribution in [0.4, 0.5) is 0 Å². The second-order valence-corrected chi connectivity index (χ2v) is 9.10. The van der Waals surface area contributed by atoms with Gasteiger partial charge in [-0.25, -0.2) is 18.0 Å². The van der Waals surface area contributed by atoms with Gasteiger partial charge in [0.05, 0.1) is 11.5 Å². The van der Waals surface area contributed by atoms with Gasteiger partial charge >= 0.3 is 11.6 Å². The summed E-state index contributed by atoms with van der Waals surface area (Å²) in [4.78, 5) is 37.9. The number of ether oxygens (including phenoxy) is 1. The lowest BCUT2D eigenvalue weighted by Gasteiger charge is -2.33. The van der Waals surface area contributed by atoms with E-state index in [0.29, 0.717) is 18.4 Å². The summed E-state index contributed by atoms with van der Waals surface area (Å²) in [5.74, 6) is -1.09. The third-order valence-corrected chi connectivity index (χ3v) is 6.57. The summed E-state index contributed by atoms with van der Waals surface area (Å²) in [5, 5.41) is 0. The van der Waals surface area contributed by atoms with E-state index in [1.165, 1.54) is 17.9 Å². The molecule has 2 rings (SSSR count). The molecule has 0 radical (unpaired) electrons. The fraction of sp³-hybridized carbons (Fsp3) is 0.611. The van der Waals surface area contributed by atoms with Crippen molar-refractivity contribution in [1.29, 1.82) is 0 Å². The summed E-state index contributed by atoms with van der Waals surface area (Å²) < 4.78 is 33.6. The molecule has 0 aliphatic carbocycles. The smallest absolute Gasteiger partial charge is 0.342 e. The highest BCUT2D eigenvalue weighted by Gasteiger charge is 2.36. The van der Waals surface area contributed by atoms with E-state index in [-0.39, 0.29) is 28.9 Å². The minimum atomic E-state index is -3.15. The van der Waals surface area contributed by atoms with Gasteiger partial charge < -0.3 is 14.1 Å². The molecule has 1 amide bonds. The summed E-state index contributed by atoms with van der Waals surface area (Å²) in [7, 11) is -3.15.